The molecular formula is C54H81N5O10. The molecule has 4 N–H and O–H groups in total. The normalized spacial score (nSPS) is 18.0. The number of fused-ring (bicyclic) bond motifs is 1. The zero-order valence-electron chi connectivity index (χ0n) is 43.0. The Labute approximate surface area is 410 Å². The van der Waals surface area contributed by atoms with Crippen molar-refractivity contribution in [2.24, 2.45) is 17.8 Å². The van der Waals surface area contributed by atoms with E-state index in [1.807, 2.05) is 119 Å². The number of carbonyl (C=O) groups excluding carboxylic acids is 4. The largest absolute Gasteiger partial charge is 0.481 e. The summed E-state index contributed by atoms with van der Waals surface area (Å²) < 4.78 is 18.1. The van der Waals surface area contributed by atoms with Gasteiger partial charge in [0.25, 0.3) is 0 Å². The molecule has 1 aliphatic rings. The van der Waals surface area contributed by atoms with Crippen molar-refractivity contribution < 1.29 is 48.4 Å². The highest BCUT2D eigenvalue weighted by Crippen LogP contribution is 2.31. The summed E-state index contributed by atoms with van der Waals surface area (Å²) >= 11 is 0. The molecule has 1 heterocycles. The van der Waals surface area contributed by atoms with E-state index in [2.05, 4.69) is 10.6 Å². The van der Waals surface area contributed by atoms with Crippen LogP contribution in [-0.2, 0) is 51.2 Å². The zero-order valence-corrected chi connectivity index (χ0v) is 43.0. The molecule has 0 bridgehead atoms. The summed E-state index contributed by atoms with van der Waals surface area (Å²) in [7, 11) is 6.54. The van der Waals surface area contributed by atoms with Gasteiger partial charge in [-0.05, 0) is 85.9 Å². The van der Waals surface area contributed by atoms with Crippen LogP contribution in [0.25, 0.3) is 10.8 Å². The van der Waals surface area contributed by atoms with Crippen LogP contribution < -0.4 is 10.6 Å². The first-order chi connectivity index (χ1) is 32.8. The highest BCUT2D eigenvalue weighted by atomic mass is 16.5. The van der Waals surface area contributed by atoms with Gasteiger partial charge in [-0.1, -0.05) is 121 Å². The first kappa shape index (κ1) is 56.7. The lowest BCUT2D eigenvalue weighted by Gasteiger charge is -2.42. The summed E-state index contributed by atoms with van der Waals surface area (Å²) in [5.41, 5.74) is 0.262. The second kappa shape index (κ2) is 26.9. The van der Waals surface area contributed by atoms with Crippen LogP contribution in [0.3, 0.4) is 0 Å². The number of esters is 1. The number of likely N-dealkylation sites (tertiary alicyclic amines) is 1. The first-order valence-electron chi connectivity index (χ1n) is 24.7. The van der Waals surface area contributed by atoms with E-state index in [0.29, 0.717) is 45.2 Å². The van der Waals surface area contributed by atoms with Gasteiger partial charge in [0.1, 0.15) is 30.4 Å². The average molecular weight is 960 g/mol. The van der Waals surface area contributed by atoms with E-state index in [1.165, 1.54) is 14.2 Å². The van der Waals surface area contributed by atoms with E-state index in [9.17, 15) is 29.1 Å². The van der Waals surface area contributed by atoms with Crippen LogP contribution in [0, 0.1) is 17.8 Å². The third-order valence-electron chi connectivity index (χ3n) is 13.9. The fourth-order valence-electron chi connectivity index (χ4n) is 10.1. The lowest BCUT2D eigenvalue weighted by Crippen LogP contribution is -2.60. The highest BCUT2D eigenvalue weighted by Gasteiger charge is 2.46. The van der Waals surface area contributed by atoms with E-state index in [0.717, 1.165) is 21.9 Å². The van der Waals surface area contributed by atoms with E-state index in [-0.39, 0.29) is 61.5 Å². The van der Waals surface area contributed by atoms with Crippen molar-refractivity contribution in [2.45, 2.75) is 148 Å². The first-order valence-corrected chi connectivity index (χ1v) is 24.7. The number of nitrogens with one attached hydrogen (secondary N) is 2. The lowest BCUT2D eigenvalue weighted by molar-refractivity contribution is -0.152. The number of nitrogens with zero attached hydrogens (tertiary/aromatic N) is 3. The second-order valence-corrected chi connectivity index (χ2v) is 19.9. The maximum absolute atomic E-state index is 14.5. The molecular weight excluding hydrogens is 879 g/mol. The number of methoxy groups -OCH3 is 2. The molecule has 0 unspecified atom stereocenters. The molecule has 0 saturated carbocycles. The van der Waals surface area contributed by atoms with Gasteiger partial charge in [-0.3, -0.25) is 28.9 Å². The predicted molar refractivity (Wildman–Crippen MR) is 268 cm³/mol. The molecule has 15 nitrogen and oxygen atoms in total. The Morgan fingerprint density at radius 3 is 2.19 bits per heavy atom. The van der Waals surface area contributed by atoms with E-state index < -0.39 is 60.0 Å². The quantitative estimate of drug-likeness (QED) is 0.0616. The molecule has 4 rings (SSSR count). The number of hydrogen-bond acceptors (Lipinski definition) is 11. The molecule has 1 aliphatic heterocycles. The maximum atomic E-state index is 14.5. The molecule has 3 aromatic rings. The number of amides is 3. The Morgan fingerprint density at radius 2 is 1.57 bits per heavy atom. The number of benzene rings is 3. The third kappa shape index (κ3) is 15.5. The number of likely N-dealkylation sites (N-methyl/N-ethyl adjacent to an activating group) is 2. The number of carboxylic acid groups (broad SMARTS) is 1. The van der Waals surface area contributed by atoms with Crippen molar-refractivity contribution in [3.63, 3.8) is 0 Å². The Morgan fingerprint density at radius 1 is 0.899 bits per heavy atom. The highest BCUT2D eigenvalue weighted by molar-refractivity contribution is 5.90. The molecule has 1 fully saturated rings. The molecule has 382 valence electrons. The van der Waals surface area contributed by atoms with E-state index in [4.69, 9.17) is 19.3 Å². The summed E-state index contributed by atoms with van der Waals surface area (Å²) in [4.78, 5) is 73.3. The molecule has 0 radical (unpaired) electrons. The minimum Gasteiger partial charge on any atom is -0.481 e. The van der Waals surface area contributed by atoms with E-state index in [1.54, 1.807) is 30.8 Å². The standard InChI is InChI=1S/C54H81N5O10/c1-12-37(6)49(58(9)52(64)47(35(2)3)56-51(63)48(36(4)5)57(8)29-20-28-46(61)62)44(67-10)32-45(60)59-30-19-27-43(59)50(68-11)54(7,66)34-55-42(31-38-21-14-13-15-22-38)53(65)69-33-40-25-18-24-39-23-16-17-26-41(39)40/h13-18,21-26,35-37,42-44,47-50,55,66H,12,19-20,27-34H2,1-11H3,(H,56,63)(H,61,62)/t37-,42-,43-,44+,47-,48-,49-,50+,54+/m0/s1. The van der Waals surface area contributed by atoms with Gasteiger partial charge in [-0.2, -0.15) is 0 Å². The minimum atomic E-state index is -1.54. The summed E-state index contributed by atoms with van der Waals surface area (Å²) in [6.07, 6.45) is 1.04. The topological polar surface area (TPSA) is 187 Å². The summed E-state index contributed by atoms with van der Waals surface area (Å²) in [6, 6.07) is 20.1. The number of aliphatic carboxylic acids is 1. The van der Waals surface area contributed by atoms with Crippen molar-refractivity contribution in [1.29, 1.82) is 0 Å². The number of aliphatic hydroxyl groups is 1. The molecule has 1 saturated heterocycles. The average Bonchev–Trinajstić information content (AvgIpc) is 3.80. The van der Waals surface area contributed by atoms with Crippen molar-refractivity contribution in [1.82, 2.24) is 25.3 Å². The smallest absolute Gasteiger partial charge is 0.323 e. The van der Waals surface area contributed by atoms with E-state index >= 15 is 0 Å². The maximum Gasteiger partial charge on any atom is 0.323 e. The van der Waals surface area contributed by atoms with Crippen molar-refractivity contribution >= 4 is 40.4 Å². The number of carboxylic acids is 1. The van der Waals surface area contributed by atoms with Crippen LogP contribution >= 0.6 is 0 Å². The predicted octanol–water partition coefficient (Wildman–Crippen LogP) is 6.08. The molecule has 3 amide bonds. The fourth-order valence-corrected chi connectivity index (χ4v) is 10.1. The fraction of sp³-hybridized carbons (Fsp3) is 0.611. The SMILES string of the molecule is CC[C@H](C)[C@@H]([C@@H](CC(=O)N1CCC[C@H]1[C@@H](OC)[C@](C)(O)CN[C@@H](Cc1ccccc1)C(=O)OCc1cccc2ccccc12)OC)N(C)C(=O)[C@@H](NC(=O)[C@H](C(C)C)N(C)CCCC(=O)O)C(C)C. The van der Waals surface area contributed by atoms with Gasteiger partial charge in [0.15, 0.2) is 0 Å². The number of rotatable bonds is 28. The van der Waals surface area contributed by atoms with Gasteiger partial charge in [-0.15, -0.1) is 0 Å². The zero-order chi connectivity index (χ0) is 51.0. The Bertz CT molecular complexity index is 2110. The van der Waals surface area contributed by atoms with Crippen molar-refractivity contribution in [3.8, 4) is 0 Å². The van der Waals surface area contributed by atoms with Crippen LogP contribution in [0.4, 0.5) is 0 Å². The van der Waals surface area contributed by atoms with Crippen LogP contribution in [0.1, 0.15) is 98.1 Å². The Balaban J connectivity index is 1.49. The molecule has 0 aromatic heterocycles. The number of hydrogen-bond donors (Lipinski definition) is 4. The molecule has 9 atom stereocenters. The van der Waals surface area contributed by atoms with Gasteiger partial charge >= 0.3 is 11.9 Å². The van der Waals surface area contributed by atoms with Crippen LogP contribution in [-0.4, -0.2) is 151 Å². The molecule has 69 heavy (non-hydrogen) atoms. The molecule has 0 aliphatic carbocycles. The Kier molecular flexibility index (Phi) is 22.1. The van der Waals surface area contributed by atoms with Crippen molar-refractivity contribution in [2.75, 3.05) is 47.9 Å². The molecule has 3 aromatic carbocycles. The number of ether oxygens (including phenoxy) is 3. The second-order valence-electron chi connectivity index (χ2n) is 19.9. The minimum absolute atomic E-state index is 0.0115. The summed E-state index contributed by atoms with van der Waals surface area (Å²) in [5, 5.41) is 29.8. The van der Waals surface area contributed by atoms with Crippen molar-refractivity contribution in [3.05, 3.63) is 83.9 Å². The van der Waals surface area contributed by atoms with Crippen LogP contribution in [0.5, 0.6) is 0 Å². The third-order valence-corrected chi connectivity index (χ3v) is 13.9. The Hall–Kier alpha value is -4.93. The lowest BCUT2D eigenvalue weighted by atomic mass is 9.88. The van der Waals surface area contributed by atoms with Crippen LogP contribution in [0.2, 0.25) is 0 Å². The molecule has 0 spiro atoms. The van der Waals surface area contributed by atoms with Gasteiger partial charge in [0.2, 0.25) is 17.7 Å². The monoisotopic (exact) mass is 960 g/mol. The van der Waals surface area contributed by atoms with Gasteiger partial charge in [0, 0.05) is 40.8 Å². The summed E-state index contributed by atoms with van der Waals surface area (Å²) in [6.45, 7) is 14.2. The molecule has 15 heteroatoms. The van der Waals surface area contributed by atoms with Crippen LogP contribution in [0.15, 0.2) is 72.8 Å². The van der Waals surface area contributed by atoms with Gasteiger partial charge in [0.05, 0.1) is 30.7 Å². The van der Waals surface area contributed by atoms with Gasteiger partial charge < -0.3 is 44.9 Å². The van der Waals surface area contributed by atoms with Gasteiger partial charge in [-0.25, -0.2) is 0 Å². The number of carbonyl (C=O) groups is 5. The summed E-state index contributed by atoms with van der Waals surface area (Å²) in [5.74, 6) is -2.67.